The van der Waals surface area contributed by atoms with Crippen molar-refractivity contribution in [3.8, 4) is 28.6 Å². The number of nitrogens with zero attached hydrogens (tertiary/aromatic N) is 7. The lowest BCUT2D eigenvalue weighted by molar-refractivity contribution is 0.597. The zero-order valence-corrected chi connectivity index (χ0v) is 40.7. The second-order valence-electron chi connectivity index (χ2n) is 11.8. The number of hydrogen-bond donors (Lipinski definition) is 0. The summed E-state index contributed by atoms with van der Waals surface area (Å²) in [5.41, 5.74) is 5.87. The smallest absolute Gasteiger partial charge is 0.239 e. The molecule has 0 bridgehead atoms. The van der Waals surface area contributed by atoms with Gasteiger partial charge in [0.05, 0.1) is 41.4 Å². The summed E-state index contributed by atoms with van der Waals surface area (Å²) in [7, 11) is -4.13. The average Bonchev–Trinajstić information content (AvgIpc) is 3.08. The molecule has 0 unspecified atom stereocenters. The van der Waals surface area contributed by atoms with E-state index in [1.54, 1.807) is 30.3 Å². The van der Waals surface area contributed by atoms with E-state index in [0.29, 0.717) is 22.3 Å². The van der Waals surface area contributed by atoms with Crippen molar-refractivity contribution in [2.24, 2.45) is 0 Å². The molecule has 4 aromatic rings. The van der Waals surface area contributed by atoms with Gasteiger partial charge in [0.25, 0.3) is 0 Å². The van der Waals surface area contributed by atoms with E-state index in [4.69, 9.17) is 5.26 Å². The molecule has 11 nitrogen and oxygen atoms in total. The summed E-state index contributed by atoms with van der Waals surface area (Å²) in [6.07, 6.45) is 2.20. The molecule has 0 aliphatic rings. The molecule has 2 heterocycles. The molecule has 0 N–H and O–H groups in total. The molecule has 0 radical (unpaired) electrons. The van der Waals surface area contributed by atoms with Gasteiger partial charge in [-0.2, -0.15) is 5.26 Å². The Kier molecular flexibility index (Phi) is 22.4. The van der Waals surface area contributed by atoms with Gasteiger partial charge in [-0.15, -0.1) is 24.0 Å². The summed E-state index contributed by atoms with van der Waals surface area (Å²) in [4.78, 5) is 17.7. The summed E-state index contributed by atoms with van der Waals surface area (Å²) in [6.45, 7) is 11.2. The molecule has 19 heteroatoms. The lowest BCUT2D eigenvalue weighted by Gasteiger charge is -2.20. The number of hydrogen-bond acceptors (Lipinski definition) is 9. The normalized spacial score (nSPS) is 10.7. The van der Waals surface area contributed by atoms with Crippen molar-refractivity contribution in [3.05, 3.63) is 82.7 Å². The molecule has 0 atom stereocenters. The van der Waals surface area contributed by atoms with E-state index in [1.807, 2.05) is 34.6 Å². The molecule has 0 saturated carbocycles. The van der Waals surface area contributed by atoms with Gasteiger partial charge in [-0.25, -0.2) is 54.2 Å². The molecule has 53 heavy (non-hydrogen) atoms. The molecule has 2 aromatic heterocycles. The number of alkyl halides is 1. The van der Waals surface area contributed by atoms with E-state index >= 15 is 0 Å². The Morgan fingerprint density at radius 2 is 1.06 bits per heavy atom. The van der Waals surface area contributed by atoms with Crippen LogP contribution in [0.2, 0.25) is 0 Å². The largest absolute Gasteiger partial charge is 0.241 e. The van der Waals surface area contributed by atoms with Crippen LogP contribution in [-0.2, 0) is 25.4 Å². The van der Waals surface area contributed by atoms with Crippen molar-refractivity contribution in [1.82, 2.24) is 19.9 Å². The van der Waals surface area contributed by atoms with Crippen LogP contribution in [0.15, 0.2) is 48.5 Å². The Labute approximate surface area is 361 Å². The molecule has 4 rings (SSSR count). The maximum absolute atomic E-state index is 13.2. The number of halogens is 6. The summed E-state index contributed by atoms with van der Waals surface area (Å²) in [5, 5.41) is 7.83. The zero-order chi connectivity index (χ0) is 40.1. The van der Waals surface area contributed by atoms with Crippen LogP contribution >= 0.6 is 77.1 Å². The monoisotopic (exact) mass is 1170 g/mol. The van der Waals surface area contributed by atoms with E-state index in [1.165, 1.54) is 45.3 Å². The zero-order valence-electron chi connectivity index (χ0n) is 30.9. The van der Waals surface area contributed by atoms with Gasteiger partial charge in [0, 0.05) is 80.3 Å². The molecule has 0 aliphatic carbocycles. The van der Waals surface area contributed by atoms with E-state index in [0.717, 1.165) is 49.2 Å². The minimum Gasteiger partial charge on any atom is -0.241 e. The Bertz CT molecular complexity index is 2060. The predicted molar refractivity (Wildman–Crippen MR) is 242 cm³/mol. The van der Waals surface area contributed by atoms with Gasteiger partial charge in [0.2, 0.25) is 31.9 Å². The second-order valence-corrected chi connectivity index (χ2v) is 16.3. The highest BCUT2D eigenvalue weighted by Gasteiger charge is 2.23. The third-order valence-electron chi connectivity index (χ3n) is 7.22. The SMILES string of the molecule is CC#N.CC(C)c1nc(N(C)S(C)(=O)=O)nc(-c2ccc(F)cc2)c1CBr.Cc1c(-c2ccc(F)cc2)nc(N(C)S(C)(=O)=O)nc1C(C)C.I.II. The lowest BCUT2D eigenvalue weighted by atomic mass is 10.00. The number of anilines is 2. The van der Waals surface area contributed by atoms with E-state index in [2.05, 4.69) is 73.1 Å². The van der Waals surface area contributed by atoms with Crippen LogP contribution in [0.25, 0.3) is 22.5 Å². The molecule has 0 spiro atoms. The summed E-state index contributed by atoms with van der Waals surface area (Å²) in [6, 6.07) is 13.7. The molecule has 2 aromatic carbocycles. The third-order valence-corrected chi connectivity index (χ3v) is 10.1. The van der Waals surface area contributed by atoms with Crippen molar-refractivity contribution in [2.75, 3.05) is 35.2 Å². The van der Waals surface area contributed by atoms with Gasteiger partial charge < -0.3 is 0 Å². The maximum atomic E-state index is 13.2. The van der Waals surface area contributed by atoms with Crippen LogP contribution < -0.4 is 8.61 Å². The molecule has 0 fully saturated rings. The minimum atomic E-state index is -3.49. The standard InChI is InChI=1S/C16H19BrFN3O2S.C16H20FN3O2S.C2H3N.I2.HI/c1-10(2)14-13(9-17)15(11-5-7-12(18)8-6-11)20-16(19-14)21(3)24(4,22)23;1-10(2)14-11(3)15(12-6-8-13(17)9-7-12)19-16(18-14)20(4)23(5,21)22;1-2-3;1-2;/h5-8,10H,9H2,1-4H3;6-10H,1-5H3;1H3;;1H. The Morgan fingerprint density at radius 1 is 0.736 bits per heavy atom. The van der Waals surface area contributed by atoms with E-state index < -0.39 is 20.0 Å². The van der Waals surface area contributed by atoms with Crippen molar-refractivity contribution in [1.29, 1.82) is 5.26 Å². The van der Waals surface area contributed by atoms with Crippen molar-refractivity contribution >= 4 is 109 Å². The first-order valence-electron chi connectivity index (χ1n) is 15.4. The third kappa shape index (κ3) is 14.9. The molecular formula is C34H43BrF2I3N7O4S2. The highest BCUT2D eigenvalue weighted by Crippen LogP contribution is 2.32. The molecule has 292 valence electrons. The topological polar surface area (TPSA) is 150 Å². The highest BCUT2D eigenvalue weighted by molar-refractivity contribution is 15.0. The molecule has 0 aliphatic heterocycles. The lowest BCUT2D eigenvalue weighted by Crippen LogP contribution is -2.27. The van der Waals surface area contributed by atoms with Crippen molar-refractivity contribution in [3.63, 3.8) is 0 Å². The van der Waals surface area contributed by atoms with Crippen LogP contribution in [0.3, 0.4) is 0 Å². The molecule has 0 amide bonds. The number of aromatic nitrogens is 4. The van der Waals surface area contributed by atoms with Crippen LogP contribution in [0, 0.1) is 29.9 Å². The average molecular weight is 1180 g/mol. The van der Waals surface area contributed by atoms with Gasteiger partial charge in [0.15, 0.2) is 0 Å². The number of rotatable bonds is 9. The van der Waals surface area contributed by atoms with Gasteiger partial charge in [-0.1, -0.05) is 43.6 Å². The second kappa shape index (κ2) is 23.2. The Balaban J connectivity index is 0.000000895. The molecular weight excluding hydrogens is 1130 g/mol. The van der Waals surface area contributed by atoms with Crippen LogP contribution in [0.5, 0.6) is 0 Å². The summed E-state index contributed by atoms with van der Waals surface area (Å²) >= 11 is 7.69. The van der Waals surface area contributed by atoms with Crippen LogP contribution in [-0.4, -0.2) is 63.4 Å². The molecule has 0 saturated heterocycles. The summed E-state index contributed by atoms with van der Waals surface area (Å²) < 4.78 is 75.7. The minimum absolute atomic E-state index is 0. The Hall–Kier alpha value is -1.88. The van der Waals surface area contributed by atoms with Crippen molar-refractivity contribution < 1.29 is 25.6 Å². The summed E-state index contributed by atoms with van der Waals surface area (Å²) in [5.74, 6) is -0.287. The fraction of sp³-hybridized carbons (Fsp3) is 0.382. The number of sulfonamides is 2. The number of benzene rings is 2. The van der Waals surface area contributed by atoms with Crippen molar-refractivity contribution in [2.45, 2.75) is 58.7 Å². The van der Waals surface area contributed by atoms with Crippen LogP contribution in [0.1, 0.15) is 69.0 Å². The van der Waals surface area contributed by atoms with Gasteiger partial charge in [0.1, 0.15) is 11.6 Å². The number of nitriles is 1. The van der Waals surface area contributed by atoms with Gasteiger partial charge >= 0.3 is 0 Å². The van der Waals surface area contributed by atoms with Gasteiger partial charge in [-0.05, 0) is 72.9 Å². The first kappa shape index (κ1) is 51.1. The fourth-order valence-corrected chi connectivity index (χ4v) is 5.81. The van der Waals surface area contributed by atoms with E-state index in [-0.39, 0.29) is 59.3 Å². The fourth-order valence-electron chi connectivity index (χ4n) is 4.50. The first-order chi connectivity index (χ1) is 24.2. The van der Waals surface area contributed by atoms with Crippen LogP contribution in [0.4, 0.5) is 20.7 Å². The highest BCUT2D eigenvalue weighted by atomic mass is 128. The predicted octanol–water partition coefficient (Wildman–Crippen LogP) is 9.73. The van der Waals surface area contributed by atoms with Gasteiger partial charge in [-0.3, -0.25) is 0 Å². The quantitative estimate of drug-likeness (QED) is 0.118. The first-order valence-corrected chi connectivity index (χ1v) is 26.5. The Morgan fingerprint density at radius 3 is 1.38 bits per heavy atom. The maximum Gasteiger partial charge on any atom is 0.239 e. The van der Waals surface area contributed by atoms with E-state index in [9.17, 15) is 25.6 Å².